The van der Waals surface area contributed by atoms with Crippen LogP contribution in [0.25, 0.3) is 11.0 Å². The molecule has 2 aromatic rings. The van der Waals surface area contributed by atoms with Crippen molar-refractivity contribution in [1.29, 1.82) is 0 Å². The Bertz CT molecular complexity index is 713. The van der Waals surface area contributed by atoms with Crippen molar-refractivity contribution < 1.29 is 13.9 Å². The molecule has 1 aliphatic heterocycles. The lowest BCUT2D eigenvalue weighted by Gasteiger charge is -2.27. The topological polar surface area (TPSA) is 56.1 Å². The van der Waals surface area contributed by atoms with E-state index in [9.17, 15) is 9.18 Å². The lowest BCUT2D eigenvalue weighted by molar-refractivity contribution is -0.133. The van der Waals surface area contributed by atoms with Gasteiger partial charge in [0.25, 0.3) is 0 Å². The van der Waals surface area contributed by atoms with Crippen LogP contribution in [-0.2, 0) is 23.0 Å². The Kier molecular flexibility index (Phi) is 4.61. The Labute approximate surface area is 134 Å². The van der Waals surface area contributed by atoms with E-state index in [1.165, 1.54) is 12.1 Å². The Balaban J connectivity index is 1.60. The molecule has 23 heavy (non-hydrogen) atoms. The van der Waals surface area contributed by atoms with Crippen molar-refractivity contribution in [1.82, 2.24) is 14.9 Å². The zero-order valence-electron chi connectivity index (χ0n) is 13.5. The number of aromatic nitrogens is 2. The van der Waals surface area contributed by atoms with Crippen LogP contribution in [0.15, 0.2) is 18.2 Å². The molecular weight excluding hydrogens is 297 g/mol. The second kappa shape index (κ2) is 6.66. The summed E-state index contributed by atoms with van der Waals surface area (Å²) in [5.74, 6) is 0.515. The van der Waals surface area contributed by atoms with Crippen LogP contribution in [0.1, 0.15) is 25.6 Å². The highest BCUT2D eigenvalue weighted by atomic mass is 19.1. The highest BCUT2D eigenvalue weighted by Gasteiger charge is 2.28. The molecule has 0 saturated carbocycles. The van der Waals surface area contributed by atoms with Gasteiger partial charge in [-0.25, -0.2) is 9.37 Å². The van der Waals surface area contributed by atoms with Gasteiger partial charge in [0.15, 0.2) is 0 Å². The van der Waals surface area contributed by atoms with E-state index < -0.39 is 0 Å². The number of amides is 1. The fraction of sp³-hybridized carbons (Fsp3) is 0.529. The van der Waals surface area contributed by atoms with E-state index in [1.54, 1.807) is 6.07 Å². The fourth-order valence-electron chi connectivity index (χ4n) is 3.14. The summed E-state index contributed by atoms with van der Waals surface area (Å²) in [6.07, 6.45) is 2.39. The number of aryl methyl sites for hydroxylation is 1. The summed E-state index contributed by atoms with van der Waals surface area (Å²) < 4.78 is 20.7. The average Bonchev–Trinajstić information content (AvgIpc) is 2.83. The lowest BCUT2D eigenvalue weighted by Crippen LogP contribution is -2.41. The minimum Gasteiger partial charge on any atom is -0.378 e. The molecule has 3 rings (SSSR count). The van der Waals surface area contributed by atoms with Gasteiger partial charge in [0.1, 0.15) is 11.6 Å². The van der Waals surface area contributed by atoms with Gasteiger partial charge >= 0.3 is 0 Å². The third kappa shape index (κ3) is 3.37. The van der Waals surface area contributed by atoms with Gasteiger partial charge in [0, 0.05) is 32.7 Å². The fourth-order valence-corrected chi connectivity index (χ4v) is 3.14. The summed E-state index contributed by atoms with van der Waals surface area (Å²) >= 11 is 0. The number of rotatable bonds is 4. The number of halogens is 1. The average molecular weight is 319 g/mol. The van der Waals surface area contributed by atoms with Crippen LogP contribution < -0.4 is 5.32 Å². The first-order valence-corrected chi connectivity index (χ1v) is 8.06. The van der Waals surface area contributed by atoms with Gasteiger partial charge < -0.3 is 14.6 Å². The molecule has 1 amide bonds. The van der Waals surface area contributed by atoms with Crippen LogP contribution in [0.4, 0.5) is 4.39 Å². The zero-order valence-corrected chi connectivity index (χ0v) is 13.5. The molecule has 5 nitrogen and oxygen atoms in total. The lowest BCUT2D eigenvalue weighted by atomic mass is 9.94. The van der Waals surface area contributed by atoms with Gasteiger partial charge in [-0.05, 0) is 31.9 Å². The maximum atomic E-state index is 13.3. The van der Waals surface area contributed by atoms with Crippen molar-refractivity contribution in [3.8, 4) is 0 Å². The number of hydrogen-bond donors (Lipinski definition) is 1. The SMILES string of the molecule is C[C@@H]1OCCC[C@H]1C(=O)NCCc1nc2cc(F)ccc2n1C. The molecule has 124 valence electrons. The van der Waals surface area contributed by atoms with E-state index in [0.717, 1.165) is 30.8 Å². The van der Waals surface area contributed by atoms with Crippen LogP contribution >= 0.6 is 0 Å². The standard InChI is InChI=1S/C17H22FN3O2/c1-11-13(4-3-9-23-11)17(22)19-8-7-16-20-14-10-12(18)5-6-15(14)21(16)2/h5-6,10-11,13H,3-4,7-9H2,1-2H3,(H,19,22)/t11-,13+/m0/s1. The van der Waals surface area contributed by atoms with E-state index in [4.69, 9.17) is 4.74 Å². The molecule has 1 aliphatic rings. The second-order valence-electron chi connectivity index (χ2n) is 6.09. The van der Waals surface area contributed by atoms with Gasteiger partial charge in [-0.15, -0.1) is 0 Å². The monoisotopic (exact) mass is 319 g/mol. The van der Waals surface area contributed by atoms with Gasteiger partial charge in [-0.3, -0.25) is 4.79 Å². The molecular formula is C17H22FN3O2. The predicted molar refractivity (Wildman–Crippen MR) is 85.5 cm³/mol. The molecule has 0 bridgehead atoms. The molecule has 1 aromatic carbocycles. The summed E-state index contributed by atoms with van der Waals surface area (Å²) in [6.45, 7) is 3.20. The molecule has 1 aromatic heterocycles. The number of ether oxygens (including phenoxy) is 1. The van der Waals surface area contributed by atoms with Gasteiger partial charge in [-0.2, -0.15) is 0 Å². The summed E-state index contributed by atoms with van der Waals surface area (Å²) in [7, 11) is 1.90. The molecule has 0 spiro atoms. The Morgan fingerprint density at radius 1 is 1.52 bits per heavy atom. The number of imidazole rings is 1. The number of carbonyl (C=O) groups excluding carboxylic acids is 1. The molecule has 2 heterocycles. The van der Waals surface area contributed by atoms with Gasteiger partial charge in [0.05, 0.1) is 23.1 Å². The number of nitrogens with one attached hydrogen (secondary N) is 1. The van der Waals surface area contributed by atoms with Crippen molar-refractivity contribution in [3.05, 3.63) is 29.8 Å². The molecule has 0 radical (unpaired) electrons. The van der Waals surface area contributed by atoms with Crippen molar-refractivity contribution in [3.63, 3.8) is 0 Å². The van der Waals surface area contributed by atoms with Crippen LogP contribution in [-0.4, -0.2) is 34.7 Å². The minimum atomic E-state index is -0.290. The summed E-state index contributed by atoms with van der Waals surface area (Å²) in [5.41, 5.74) is 1.53. The summed E-state index contributed by atoms with van der Waals surface area (Å²) in [4.78, 5) is 16.7. The summed E-state index contributed by atoms with van der Waals surface area (Å²) in [6, 6.07) is 4.58. The van der Waals surface area contributed by atoms with Crippen LogP contribution in [0, 0.1) is 11.7 Å². The summed E-state index contributed by atoms with van der Waals surface area (Å²) in [5, 5.41) is 2.97. The molecule has 1 saturated heterocycles. The molecule has 0 unspecified atom stereocenters. The molecule has 0 aliphatic carbocycles. The Hall–Kier alpha value is -1.95. The van der Waals surface area contributed by atoms with E-state index >= 15 is 0 Å². The first-order valence-electron chi connectivity index (χ1n) is 8.06. The first kappa shape index (κ1) is 15.9. The minimum absolute atomic E-state index is 0.0255. The van der Waals surface area contributed by atoms with Crippen LogP contribution in [0.3, 0.4) is 0 Å². The van der Waals surface area contributed by atoms with Crippen LogP contribution in [0.5, 0.6) is 0 Å². The molecule has 1 N–H and O–H groups in total. The molecule has 2 atom stereocenters. The third-order valence-electron chi connectivity index (χ3n) is 4.53. The number of carbonyl (C=O) groups is 1. The zero-order chi connectivity index (χ0) is 16.4. The highest BCUT2D eigenvalue weighted by Crippen LogP contribution is 2.20. The van der Waals surface area contributed by atoms with Crippen molar-refractivity contribution >= 4 is 16.9 Å². The Morgan fingerprint density at radius 3 is 3.13 bits per heavy atom. The maximum Gasteiger partial charge on any atom is 0.225 e. The smallest absolute Gasteiger partial charge is 0.225 e. The van der Waals surface area contributed by atoms with Crippen LogP contribution in [0.2, 0.25) is 0 Å². The van der Waals surface area contributed by atoms with E-state index in [0.29, 0.717) is 18.5 Å². The van der Waals surface area contributed by atoms with Gasteiger partial charge in [0.2, 0.25) is 5.91 Å². The largest absolute Gasteiger partial charge is 0.378 e. The van der Waals surface area contributed by atoms with Crippen molar-refractivity contribution in [2.75, 3.05) is 13.2 Å². The Morgan fingerprint density at radius 2 is 2.35 bits per heavy atom. The third-order valence-corrected chi connectivity index (χ3v) is 4.53. The second-order valence-corrected chi connectivity index (χ2v) is 6.09. The normalized spacial score (nSPS) is 21.5. The first-order chi connectivity index (χ1) is 11.1. The van der Waals surface area contributed by atoms with E-state index in [-0.39, 0.29) is 23.7 Å². The van der Waals surface area contributed by atoms with E-state index in [1.807, 2.05) is 18.5 Å². The maximum absolute atomic E-state index is 13.3. The number of hydrogen-bond acceptors (Lipinski definition) is 3. The number of fused-ring (bicyclic) bond motifs is 1. The van der Waals surface area contributed by atoms with Crippen molar-refractivity contribution in [2.24, 2.45) is 13.0 Å². The number of benzene rings is 1. The quantitative estimate of drug-likeness (QED) is 0.940. The number of nitrogens with zero attached hydrogens (tertiary/aromatic N) is 2. The predicted octanol–water partition coefficient (Wildman–Crippen LogP) is 2.19. The van der Waals surface area contributed by atoms with Crippen molar-refractivity contribution in [2.45, 2.75) is 32.3 Å². The van der Waals surface area contributed by atoms with E-state index in [2.05, 4.69) is 10.3 Å². The van der Waals surface area contributed by atoms with Gasteiger partial charge in [-0.1, -0.05) is 0 Å². The molecule has 1 fully saturated rings. The highest BCUT2D eigenvalue weighted by molar-refractivity contribution is 5.79. The molecule has 6 heteroatoms.